The predicted octanol–water partition coefficient (Wildman–Crippen LogP) is 2.39. The van der Waals surface area contributed by atoms with Crippen molar-refractivity contribution in [2.75, 3.05) is 32.9 Å². The average molecular weight is 337 g/mol. The number of benzene rings is 1. The van der Waals surface area contributed by atoms with E-state index >= 15 is 0 Å². The van der Waals surface area contributed by atoms with Gasteiger partial charge in [-0.1, -0.05) is 6.07 Å². The number of amides is 1. The molecule has 3 rings (SSSR count). The van der Waals surface area contributed by atoms with E-state index < -0.39 is 0 Å². The molecule has 132 valence electrons. The number of carbonyl (C=O) groups excluding carboxylic acids is 1. The molecule has 0 spiro atoms. The van der Waals surface area contributed by atoms with E-state index in [9.17, 15) is 9.18 Å². The Hall–Kier alpha value is -1.66. The molecule has 5 nitrogen and oxygen atoms in total. The Morgan fingerprint density at radius 1 is 1.17 bits per heavy atom. The van der Waals surface area contributed by atoms with Crippen LogP contribution in [0.1, 0.15) is 25.7 Å². The molecule has 2 aliphatic rings. The van der Waals surface area contributed by atoms with Crippen LogP contribution in [0.25, 0.3) is 0 Å². The predicted molar refractivity (Wildman–Crippen MR) is 86.4 cm³/mol. The van der Waals surface area contributed by atoms with Crippen LogP contribution in [0.3, 0.4) is 0 Å². The summed E-state index contributed by atoms with van der Waals surface area (Å²) in [5, 5.41) is 0. The minimum atomic E-state index is -0.369. The number of halogens is 1. The van der Waals surface area contributed by atoms with Gasteiger partial charge in [0.15, 0.2) is 6.61 Å². The molecular formula is C18H24FNO4. The van der Waals surface area contributed by atoms with Gasteiger partial charge < -0.3 is 19.1 Å². The largest absolute Gasteiger partial charge is 0.484 e. The van der Waals surface area contributed by atoms with Gasteiger partial charge >= 0.3 is 0 Å². The first-order valence-corrected chi connectivity index (χ1v) is 8.60. The van der Waals surface area contributed by atoms with Crippen LogP contribution in [0, 0.1) is 5.82 Å². The van der Waals surface area contributed by atoms with Gasteiger partial charge in [0.2, 0.25) is 0 Å². The molecule has 0 atom stereocenters. The normalized spacial score (nSPS) is 20.1. The SMILES string of the molecule is O=C(COc1cccc(F)c1)N1CCC(OC2CCOCC2)CC1. The fraction of sp³-hybridized carbons (Fsp3) is 0.611. The average Bonchev–Trinajstić information content (AvgIpc) is 2.61. The molecule has 6 heteroatoms. The molecule has 0 aromatic heterocycles. The highest BCUT2D eigenvalue weighted by molar-refractivity contribution is 5.77. The molecule has 2 fully saturated rings. The Bertz CT molecular complexity index is 540. The van der Waals surface area contributed by atoms with Crippen LogP contribution in [-0.4, -0.2) is 55.9 Å². The highest BCUT2D eigenvalue weighted by Gasteiger charge is 2.26. The highest BCUT2D eigenvalue weighted by Crippen LogP contribution is 2.20. The van der Waals surface area contributed by atoms with Crippen molar-refractivity contribution >= 4 is 5.91 Å². The van der Waals surface area contributed by atoms with E-state index in [1.807, 2.05) is 0 Å². The molecule has 2 aliphatic heterocycles. The van der Waals surface area contributed by atoms with Crippen LogP contribution in [0.4, 0.5) is 4.39 Å². The molecule has 0 bridgehead atoms. The zero-order valence-electron chi connectivity index (χ0n) is 13.8. The molecular weight excluding hydrogens is 313 g/mol. The second-order valence-electron chi connectivity index (χ2n) is 6.27. The van der Waals surface area contributed by atoms with Crippen LogP contribution in [0.5, 0.6) is 5.75 Å². The van der Waals surface area contributed by atoms with Crippen LogP contribution in [-0.2, 0) is 14.3 Å². The summed E-state index contributed by atoms with van der Waals surface area (Å²) < 4.78 is 29.9. The molecule has 1 aromatic carbocycles. The van der Waals surface area contributed by atoms with E-state index in [0.717, 1.165) is 38.9 Å². The number of hydrogen-bond acceptors (Lipinski definition) is 4. The maximum atomic E-state index is 13.1. The summed E-state index contributed by atoms with van der Waals surface area (Å²) in [5.41, 5.74) is 0. The van der Waals surface area contributed by atoms with Crippen molar-refractivity contribution in [1.82, 2.24) is 4.90 Å². The number of likely N-dealkylation sites (tertiary alicyclic amines) is 1. The van der Waals surface area contributed by atoms with Crippen molar-refractivity contribution < 1.29 is 23.4 Å². The van der Waals surface area contributed by atoms with Gasteiger partial charge in [0, 0.05) is 32.4 Å². The first-order chi connectivity index (χ1) is 11.7. The molecule has 2 heterocycles. The molecule has 1 amide bonds. The van der Waals surface area contributed by atoms with Gasteiger partial charge in [-0.2, -0.15) is 0 Å². The van der Waals surface area contributed by atoms with Crippen molar-refractivity contribution in [3.05, 3.63) is 30.1 Å². The second-order valence-corrected chi connectivity index (χ2v) is 6.27. The Labute approximate surface area is 141 Å². The smallest absolute Gasteiger partial charge is 0.260 e. The lowest BCUT2D eigenvalue weighted by Crippen LogP contribution is -2.44. The summed E-state index contributed by atoms with van der Waals surface area (Å²) in [6, 6.07) is 5.83. The van der Waals surface area contributed by atoms with Crippen molar-refractivity contribution in [2.24, 2.45) is 0 Å². The Balaban J connectivity index is 1.38. The summed E-state index contributed by atoms with van der Waals surface area (Å²) in [5.74, 6) is -0.0594. The molecule has 0 saturated carbocycles. The van der Waals surface area contributed by atoms with E-state index in [1.54, 1.807) is 17.0 Å². The van der Waals surface area contributed by atoms with Crippen LogP contribution in [0.2, 0.25) is 0 Å². The first-order valence-electron chi connectivity index (χ1n) is 8.60. The lowest BCUT2D eigenvalue weighted by atomic mass is 10.1. The number of ether oxygens (including phenoxy) is 3. The lowest BCUT2D eigenvalue weighted by molar-refractivity contribution is -0.137. The molecule has 0 aliphatic carbocycles. The fourth-order valence-electron chi connectivity index (χ4n) is 3.12. The minimum absolute atomic E-state index is 0.0606. The highest BCUT2D eigenvalue weighted by atomic mass is 19.1. The van der Waals surface area contributed by atoms with E-state index in [-0.39, 0.29) is 24.4 Å². The molecule has 0 radical (unpaired) electrons. The van der Waals surface area contributed by atoms with Gasteiger partial charge in [-0.15, -0.1) is 0 Å². The maximum Gasteiger partial charge on any atom is 0.260 e. The number of carbonyl (C=O) groups is 1. The Kier molecular flexibility index (Phi) is 6.04. The number of piperidine rings is 1. The van der Waals surface area contributed by atoms with Crippen LogP contribution >= 0.6 is 0 Å². The van der Waals surface area contributed by atoms with Gasteiger partial charge in [-0.25, -0.2) is 4.39 Å². The Morgan fingerprint density at radius 3 is 2.58 bits per heavy atom. The second kappa shape index (κ2) is 8.44. The molecule has 0 N–H and O–H groups in total. The van der Waals surface area contributed by atoms with E-state index in [2.05, 4.69) is 0 Å². The van der Waals surface area contributed by atoms with Gasteiger partial charge in [0.25, 0.3) is 5.91 Å². The summed E-state index contributed by atoms with van der Waals surface area (Å²) in [6.07, 6.45) is 4.14. The third-order valence-electron chi connectivity index (χ3n) is 4.51. The number of rotatable bonds is 5. The van der Waals surface area contributed by atoms with E-state index in [1.165, 1.54) is 12.1 Å². The molecule has 24 heavy (non-hydrogen) atoms. The number of hydrogen-bond donors (Lipinski definition) is 0. The summed E-state index contributed by atoms with van der Waals surface area (Å²) in [4.78, 5) is 14.0. The summed E-state index contributed by atoms with van der Waals surface area (Å²) in [6.45, 7) is 2.85. The Morgan fingerprint density at radius 2 is 1.88 bits per heavy atom. The maximum absolute atomic E-state index is 13.1. The van der Waals surface area contributed by atoms with Crippen LogP contribution < -0.4 is 4.74 Å². The third-order valence-corrected chi connectivity index (χ3v) is 4.51. The number of nitrogens with zero attached hydrogens (tertiary/aromatic N) is 1. The zero-order valence-corrected chi connectivity index (χ0v) is 13.8. The molecule has 1 aromatic rings. The standard InChI is InChI=1S/C18H24FNO4/c19-14-2-1-3-17(12-14)23-13-18(21)20-8-4-15(5-9-20)24-16-6-10-22-11-7-16/h1-3,12,15-16H,4-11,13H2. The molecule has 0 unspecified atom stereocenters. The van der Waals surface area contributed by atoms with Gasteiger partial charge in [0.05, 0.1) is 12.2 Å². The first kappa shape index (κ1) is 17.2. The molecule has 2 saturated heterocycles. The van der Waals surface area contributed by atoms with Crippen molar-refractivity contribution in [2.45, 2.75) is 37.9 Å². The van der Waals surface area contributed by atoms with Crippen LogP contribution in [0.15, 0.2) is 24.3 Å². The van der Waals surface area contributed by atoms with Crippen molar-refractivity contribution in [1.29, 1.82) is 0 Å². The van der Waals surface area contributed by atoms with E-state index in [4.69, 9.17) is 14.2 Å². The quantitative estimate of drug-likeness (QED) is 0.828. The minimum Gasteiger partial charge on any atom is -0.484 e. The van der Waals surface area contributed by atoms with Gasteiger partial charge in [0.1, 0.15) is 11.6 Å². The van der Waals surface area contributed by atoms with Crippen molar-refractivity contribution in [3.8, 4) is 5.75 Å². The lowest BCUT2D eigenvalue weighted by Gasteiger charge is -2.34. The topological polar surface area (TPSA) is 48.0 Å². The van der Waals surface area contributed by atoms with Crippen molar-refractivity contribution in [3.63, 3.8) is 0 Å². The summed E-state index contributed by atoms with van der Waals surface area (Å²) in [7, 11) is 0. The zero-order chi connectivity index (χ0) is 16.8. The third kappa shape index (κ3) is 4.92. The monoisotopic (exact) mass is 337 g/mol. The van der Waals surface area contributed by atoms with Gasteiger partial charge in [-0.05, 0) is 37.8 Å². The van der Waals surface area contributed by atoms with Gasteiger partial charge in [-0.3, -0.25) is 4.79 Å². The fourth-order valence-corrected chi connectivity index (χ4v) is 3.12. The van der Waals surface area contributed by atoms with E-state index in [0.29, 0.717) is 24.9 Å². The summed E-state index contributed by atoms with van der Waals surface area (Å²) >= 11 is 0.